The summed E-state index contributed by atoms with van der Waals surface area (Å²) >= 11 is 0. The predicted molar refractivity (Wildman–Crippen MR) is 409 cm³/mol. The second kappa shape index (κ2) is 73.3. The van der Waals surface area contributed by atoms with Crippen molar-refractivity contribution in [2.24, 2.45) is 0 Å². The average Bonchev–Trinajstić information content (AvgIpc) is 0.935. The molecular weight excluding hydrogens is 1310 g/mol. The van der Waals surface area contributed by atoms with Gasteiger partial charge in [0, 0.05) is 25.7 Å². The van der Waals surface area contributed by atoms with Gasteiger partial charge in [-0.25, -0.2) is 9.13 Å². The fourth-order valence-electron chi connectivity index (χ4n) is 10.5. The molecule has 0 aromatic heterocycles. The van der Waals surface area contributed by atoms with Gasteiger partial charge in [0.1, 0.15) is 19.3 Å². The monoisotopic (exact) mass is 1450 g/mol. The van der Waals surface area contributed by atoms with Gasteiger partial charge in [-0.05, 0) is 122 Å². The Labute approximate surface area is 607 Å². The number of phosphoric acid groups is 2. The van der Waals surface area contributed by atoms with E-state index in [0.717, 1.165) is 167 Å². The Morgan fingerprint density at radius 2 is 0.540 bits per heavy atom. The molecule has 0 radical (unpaired) electrons. The second-order valence-electron chi connectivity index (χ2n) is 26.3. The molecule has 100 heavy (non-hydrogen) atoms. The van der Waals surface area contributed by atoms with Gasteiger partial charge in [-0.2, -0.15) is 0 Å². The maximum absolute atomic E-state index is 13.1. The minimum Gasteiger partial charge on any atom is -0.462 e. The topological polar surface area (TPSA) is 237 Å². The Hall–Kier alpha value is -4.02. The van der Waals surface area contributed by atoms with Crippen LogP contribution in [0.5, 0.6) is 0 Å². The molecule has 17 nitrogen and oxygen atoms in total. The molecule has 0 saturated carbocycles. The van der Waals surface area contributed by atoms with Crippen molar-refractivity contribution in [3.63, 3.8) is 0 Å². The number of rotatable bonds is 74. The molecule has 0 aromatic carbocycles. The van der Waals surface area contributed by atoms with Crippen LogP contribution in [-0.4, -0.2) is 96.7 Å². The summed E-state index contributed by atoms with van der Waals surface area (Å²) < 4.78 is 68.5. The summed E-state index contributed by atoms with van der Waals surface area (Å²) in [5.41, 5.74) is 0. The molecule has 0 fully saturated rings. The summed E-state index contributed by atoms with van der Waals surface area (Å²) in [6, 6.07) is 0. The molecule has 19 heteroatoms. The third kappa shape index (κ3) is 72.3. The SMILES string of the molecule is CC/C=C\C/C=C\C/C=C\C/C=C\C/C=C\CCCCCC(=O)OCC(COP(=O)(O)OCC(O)COP(=O)(O)OCC(COC(=O)CCCCCCC/C=C\CCCCCCCC)OC(=O)CCCCCCC/C=C\C/C=C\CCC)OC(=O)CCCCCCCCCCCCCCC. The Bertz CT molecular complexity index is 2270. The molecule has 0 spiro atoms. The lowest BCUT2D eigenvalue weighted by Gasteiger charge is -2.21. The Kier molecular flexibility index (Phi) is 70.4. The number of carbonyl (C=O) groups excluding carboxylic acids is 4. The molecule has 0 amide bonds. The molecule has 0 rings (SSSR count). The standard InChI is InChI=1S/C81H142O17P2/c1-5-9-13-17-21-25-29-33-35-36-37-38-40-44-46-50-54-58-62-66-79(84)92-72-77(98-81(86)68-64-60-56-52-48-42-32-28-24-20-16-12-8-4)74-96-100(89,90)94-70-75(82)69-93-99(87,88)95-73-76(97-80(85)67-63-59-55-51-47-41-31-27-23-19-15-11-7-3)71-91-78(83)65-61-57-53-49-45-43-39-34-30-26-22-18-14-10-6-2/h9,13,15,19,21,25,27,31,33-35,37-39,44,46,75-77,82H,5-8,10-12,14,16-18,20,22-24,26,28-30,32,36,40-43,45,47-74H2,1-4H3,(H,87,88)(H,89,90)/b13-9-,19-15-,25-21-,31-27-,35-33-,38-37-,39-34-,46-44-. The van der Waals surface area contributed by atoms with E-state index in [0.29, 0.717) is 25.7 Å². The Morgan fingerprint density at radius 3 is 0.860 bits per heavy atom. The Morgan fingerprint density at radius 1 is 0.290 bits per heavy atom. The number of aliphatic hydroxyl groups is 1. The number of unbranched alkanes of at least 4 members (excludes halogenated alkanes) is 32. The van der Waals surface area contributed by atoms with Gasteiger partial charge in [0.05, 0.1) is 26.4 Å². The van der Waals surface area contributed by atoms with Crippen LogP contribution in [-0.2, 0) is 65.4 Å². The molecule has 578 valence electrons. The normalized spacial score (nSPS) is 14.4. The van der Waals surface area contributed by atoms with Crippen LogP contribution < -0.4 is 0 Å². The first-order valence-corrected chi connectivity index (χ1v) is 42.5. The number of ether oxygens (including phenoxy) is 4. The van der Waals surface area contributed by atoms with Crippen LogP contribution in [0.2, 0.25) is 0 Å². The van der Waals surface area contributed by atoms with E-state index in [4.69, 9.17) is 37.0 Å². The van der Waals surface area contributed by atoms with Crippen LogP contribution >= 0.6 is 15.6 Å². The van der Waals surface area contributed by atoms with Crippen molar-refractivity contribution in [3.05, 3.63) is 97.2 Å². The number of allylic oxidation sites excluding steroid dienone is 16. The third-order valence-electron chi connectivity index (χ3n) is 16.5. The zero-order chi connectivity index (χ0) is 73.2. The van der Waals surface area contributed by atoms with Gasteiger partial charge in [0.15, 0.2) is 12.2 Å². The van der Waals surface area contributed by atoms with Crippen LogP contribution in [0.25, 0.3) is 0 Å². The highest BCUT2D eigenvalue weighted by Gasteiger charge is 2.30. The molecular formula is C81H142O17P2. The summed E-state index contributed by atoms with van der Waals surface area (Å²) in [6.45, 7) is 4.66. The van der Waals surface area contributed by atoms with Crippen LogP contribution in [0.15, 0.2) is 97.2 Å². The Balaban J connectivity index is 5.36. The van der Waals surface area contributed by atoms with E-state index in [1.165, 1.54) is 89.9 Å². The summed E-state index contributed by atoms with van der Waals surface area (Å²) in [5, 5.41) is 10.6. The summed E-state index contributed by atoms with van der Waals surface area (Å²) in [5.74, 6) is -2.22. The van der Waals surface area contributed by atoms with Gasteiger partial charge in [-0.3, -0.25) is 37.3 Å². The number of hydrogen-bond donors (Lipinski definition) is 3. The minimum absolute atomic E-state index is 0.0777. The number of aliphatic hydroxyl groups excluding tert-OH is 1. The lowest BCUT2D eigenvalue weighted by atomic mass is 10.0. The minimum atomic E-state index is -4.98. The highest BCUT2D eigenvalue weighted by atomic mass is 31.2. The highest BCUT2D eigenvalue weighted by molar-refractivity contribution is 7.47. The smallest absolute Gasteiger partial charge is 0.462 e. The maximum Gasteiger partial charge on any atom is 0.472 e. The average molecular weight is 1450 g/mol. The van der Waals surface area contributed by atoms with Crippen molar-refractivity contribution >= 4 is 39.5 Å². The second-order valence-corrected chi connectivity index (χ2v) is 29.2. The molecule has 0 bridgehead atoms. The van der Waals surface area contributed by atoms with Gasteiger partial charge in [-0.1, -0.05) is 285 Å². The molecule has 5 atom stereocenters. The van der Waals surface area contributed by atoms with Crippen molar-refractivity contribution in [2.75, 3.05) is 39.6 Å². The summed E-state index contributed by atoms with van der Waals surface area (Å²) in [4.78, 5) is 72.9. The fraction of sp³-hybridized carbons (Fsp3) is 0.753. The zero-order valence-corrected chi connectivity index (χ0v) is 64.9. The predicted octanol–water partition coefficient (Wildman–Crippen LogP) is 22.8. The van der Waals surface area contributed by atoms with E-state index in [-0.39, 0.29) is 25.7 Å². The maximum atomic E-state index is 13.1. The molecule has 5 unspecified atom stereocenters. The van der Waals surface area contributed by atoms with Crippen LogP contribution in [0.4, 0.5) is 0 Å². The van der Waals surface area contributed by atoms with Crippen molar-refractivity contribution in [3.8, 4) is 0 Å². The summed E-state index contributed by atoms with van der Waals surface area (Å²) in [7, 11) is -9.96. The highest BCUT2D eigenvalue weighted by Crippen LogP contribution is 2.45. The molecule has 0 aliphatic carbocycles. The van der Waals surface area contributed by atoms with E-state index in [1.54, 1.807) is 0 Å². The van der Waals surface area contributed by atoms with Crippen molar-refractivity contribution in [1.29, 1.82) is 0 Å². The van der Waals surface area contributed by atoms with Gasteiger partial charge in [0.2, 0.25) is 0 Å². The first-order valence-electron chi connectivity index (χ1n) is 39.5. The number of carbonyl (C=O) groups is 4. The van der Waals surface area contributed by atoms with E-state index in [9.17, 15) is 43.2 Å². The molecule has 0 aliphatic rings. The van der Waals surface area contributed by atoms with Gasteiger partial charge in [0.25, 0.3) is 0 Å². The molecule has 0 heterocycles. The molecule has 0 aliphatic heterocycles. The number of esters is 4. The largest absolute Gasteiger partial charge is 0.472 e. The molecule has 3 N–H and O–H groups in total. The number of hydrogen-bond acceptors (Lipinski definition) is 15. The van der Waals surface area contributed by atoms with E-state index in [1.807, 2.05) is 0 Å². The lowest BCUT2D eigenvalue weighted by molar-refractivity contribution is -0.161. The fourth-order valence-corrected chi connectivity index (χ4v) is 12.1. The van der Waals surface area contributed by atoms with Crippen molar-refractivity contribution in [1.82, 2.24) is 0 Å². The first kappa shape index (κ1) is 96.0. The quantitative estimate of drug-likeness (QED) is 0.0169. The van der Waals surface area contributed by atoms with Crippen LogP contribution in [0, 0.1) is 0 Å². The van der Waals surface area contributed by atoms with Crippen LogP contribution in [0.3, 0.4) is 0 Å². The lowest BCUT2D eigenvalue weighted by Crippen LogP contribution is -2.30. The summed E-state index contributed by atoms with van der Waals surface area (Å²) in [6.07, 6.45) is 76.7. The van der Waals surface area contributed by atoms with Gasteiger partial charge < -0.3 is 33.8 Å². The zero-order valence-electron chi connectivity index (χ0n) is 63.1. The third-order valence-corrected chi connectivity index (χ3v) is 18.4. The van der Waals surface area contributed by atoms with Crippen molar-refractivity contribution in [2.45, 2.75) is 354 Å². The van der Waals surface area contributed by atoms with Crippen LogP contribution in [0.1, 0.15) is 336 Å². The van der Waals surface area contributed by atoms with E-state index in [2.05, 4.69) is 125 Å². The van der Waals surface area contributed by atoms with Gasteiger partial charge in [-0.15, -0.1) is 0 Å². The van der Waals surface area contributed by atoms with E-state index >= 15 is 0 Å². The van der Waals surface area contributed by atoms with E-state index < -0.39 is 97.5 Å². The van der Waals surface area contributed by atoms with Crippen molar-refractivity contribution < 1.29 is 80.2 Å². The first-order chi connectivity index (χ1) is 48.7. The molecule has 0 saturated heterocycles. The molecule has 0 aromatic rings. The van der Waals surface area contributed by atoms with Gasteiger partial charge >= 0.3 is 39.5 Å². The number of phosphoric ester groups is 2.